The number of benzene rings is 1. The van der Waals surface area contributed by atoms with Gasteiger partial charge in [0, 0.05) is 0 Å². The van der Waals surface area contributed by atoms with Crippen LogP contribution in [-0.4, -0.2) is 22.0 Å². The van der Waals surface area contributed by atoms with Crippen LogP contribution in [0, 0.1) is 0 Å². The monoisotopic (exact) mass is 201 g/mol. The molecule has 0 spiro atoms. The molecule has 1 aromatic rings. The van der Waals surface area contributed by atoms with Crippen molar-refractivity contribution in [2.75, 3.05) is 0 Å². The van der Waals surface area contributed by atoms with Crippen molar-refractivity contribution in [3.63, 3.8) is 0 Å². The van der Waals surface area contributed by atoms with Gasteiger partial charge in [-0.2, -0.15) is 0 Å². The summed E-state index contributed by atoms with van der Waals surface area (Å²) in [6.07, 6.45) is 6.21. The first-order chi connectivity index (χ1) is 7.27. The highest BCUT2D eigenvalue weighted by Crippen LogP contribution is 2.25. The maximum atomic E-state index is 9.57. The van der Waals surface area contributed by atoms with Crippen molar-refractivity contribution < 1.29 is 10.2 Å². The predicted molar refractivity (Wildman–Crippen MR) is 59.5 cm³/mol. The molecule has 1 unspecified atom stereocenters. The molecule has 15 heavy (non-hydrogen) atoms. The molecular weight excluding hydrogens is 190 g/mol. The summed E-state index contributed by atoms with van der Waals surface area (Å²) in [5, 5.41) is 19.1. The highest BCUT2D eigenvalue weighted by Gasteiger charge is 2.09. The van der Waals surface area contributed by atoms with E-state index < -0.39 is 6.10 Å². The Morgan fingerprint density at radius 2 is 1.93 bits per heavy atom. The Morgan fingerprint density at radius 3 is 2.67 bits per heavy atom. The van der Waals surface area contributed by atoms with Gasteiger partial charge in [0.05, 0.1) is 5.71 Å². The molecular formula is C12H11NO2. The SMILES string of the molecule is Oc1ccccc1N=C1C=CC=CC1O. The summed E-state index contributed by atoms with van der Waals surface area (Å²) in [4.78, 5) is 4.18. The van der Waals surface area contributed by atoms with Crippen LogP contribution in [0.25, 0.3) is 0 Å². The molecule has 1 aromatic carbocycles. The number of aliphatic hydroxyl groups is 1. The topological polar surface area (TPSA) is 52.8 Å². The van der Waals surface area contributed by atoms with Gasteiger partial charge in [0.2, 0.25) is 0 Å². The molecule has 2 rings (SSSR count). The van der Waals surface area contributed by atoms with Gasteiger partial charge >= 0.3 is 0 Å². The Morgan fingerprint density at radius 1 is 1.13 bits per heavy atom. The highest BCUT2D eigenvalue weighted by molar-refractivity contribution is 6.02. The van der Waals surface area contributed by atoms with Crippen molar-refractivity contribution in [3.8, 4) is 5.75 Å². The number of phenolic OH excluding ortho intramolecular Hbond substituents is 1. The highest BCUT2D eigenvalue weighted by atomic mass is 16.3. The van der Waals surface area contributed by atoms with Crippen LogP contribution >= 0.6 is 0 Å². The molecule has 1 aliphatic rings. The fraction of sp³-hybridized carbons (Fsp3) is 0.0833. The van der Waals surface area contributed by atoms with E-state index in [-0.39, 0.29) is 5.75 Å². The lowest BCUT2D eigenvalue weighted by atomic mass is 10.1. The fourth-order valence-electron chi connectivity index (χ4n) is 1.32. The number of rotatable bonds is 1. The number of hydrogen-bond acceptors (Lipinski definition) is 3. The molecule has 1 atom stereocenters. The van der Waals surface area contributed by atoms with Crippen LogP contribution in [0.2, 0.25) is 0 Å². The second kappa shape index (κ2) is 4.11. The number of hydrogen-bond donors (Lipinski definition) is 2. The molecule has 0 heterocycles. The van der Waals surface area contributed by atoms with Crippen molar-refractivity contribution in [3.05, 3.63) is 48.6 Å². The molecule has 3 heteroatoms. The molecule has 0 saturated carbocycles. The van der Waals surface area contributed by atoms with Gasteiger partial charge in [0.1, 0.15) is 17.5 Å². The Balaban J connectivity index is 2.34. The molecule has 0 saturated heterocycles. The van der Waals surface area contributed by atoms with Gasteiger partial charge in [0.25, 0.3) is 0 Å². The minimum Gasteiger partial charge on any atom is -0.506 e. The number of aromatic hydroxyl groups is 1. The van der Waals surface area contributed by atoms with E-state index in [1.165, 1.54) is 0 Å². The van der Waals surface area contributed by atoms with Crippen molar-refractivity contribution in [2.24, 2.45) is 4.99 Å². The summed E-state index contributed by atoms with van der Waals surface area (Å²) in [6.45, 7) is 0. The van der Waals surface area contributed by atoms with Crippen molar-refractivity contribution in [1.82, 2.24) is 0 Å². The largest absolute Gasteiger partial charge is 0.506 e. The van der Waals surface area contributed by atoms with E-state index in [1.807, 2.05) is 0 Å². The van der Waals surface area contributed by atoms with Gasteiger partial charge in [-0.3, -0.25) is 0 Å². The number of aliphatic imine (C=N–C) groups is 1. The lowest BCUT2D eigenvalue weighted by Gasteiger charge is -2.09. The summed E-state index contributed by atoms with van der Waals surface area (Å²) in [5.41, 5.74) is 0.991. The van der Waals surface area contributed by atoms with E-state index in [2.05, 4.69) is 4.99 Å². The molecule has 3 nitrogen and oxygen atoms in total. The Hall–Kier alpha value is -1.87. The smallest absolute Gasteiger partial charge is 0.141 e. The standard InChI is InChI=1S/C12H11NO2/c14-11-7-3-1-5-9(11)13-10-6-2-4-8-12(10)15/h1-8,11,14-15H. The lowest BCUT2D eigenvalue weighted by molar-refractivity contribution is 0.289. The van der Waals surface area contributed by atoms with Crippen molar-refractivity contribution in [2.45, 2.75) is 6.10 Å². The second-order valence-corrected chi connectivity index (χ2v) is 3.21. The maximum Gasteiger partial charge on any atom is 0.141 e. The Kier molecular flexibility index (Phi) is 2.65. The number of nitrogens with zero attached hydrogens (tertiary/aromatic N) is 1. The van der Waals surface area contributed by atoms with Gasteiger partial charge in [-0.25, -0.2) is 4.99 Å². The third-order valence-electron chi connectivity index (χ3n) is 2.11. The van der Waals surface area contributed by atoms with Gasteiger partial charge in [-0.15, -0.1) is 0 Å². The summed E-state index contributed by atoms with van der Waals surface area (Å²) in [6, 6.07) is 6.77. The minimum absolute atomic E-state index is 0.111. The first-order valence-electron chi connectivity index (χ1n) is 4.67. The average molecular weight is 201 g/mol. The summed E-state index contributed by atoms with van der Waals surface area (Å²) < 4.78 is 0. The van der Waals surface area contributed by atoms with Crippen molar-refractivity contribution in [1.29, 1.82) is 0 Å². The zero-order chi connectivity index (χ0) is 10.7. The lowest BCUT2D eigenvalue weighted by Crippen LogP contribution is -2.16. The van der Waals surface area contributed by atoms with Crippen LogP contribution in [0.3, 0.4) is 0 Å². The van der Waals surface area contributed by atoms with Gasteiger partial charge in [-0.1, -0.05) is 30.4 Å². The first-order valence-corrected chi connectivity index (χ1v) is 4.67. The summed E-state index contributed by atoms with van der Waals surface area (Å²) in [5.74, 6) is 0.111. The van der Waals surface area contributed by atoms with E-state index >= 15 is 0 Å². The second-order valence-electron chi connectivity index (χ2n) is 3.21. The van der Waals surface area contributed by atoms with Crippen LogP contribution in [0.1, 0.15) is 0 Å². The average Bonchev–Trinajstić information content (AvgIpc) is 2.24. The zero-order valence-electron chi connectivity index (χ0n) is 8.04. The third kappa shape index (κ3) is 2.14. The van der Waals surface area contributed by atoms with E-state index in [0.717, 1.165) is 0 Å². The molecule has 2 N–H and O–H groups in total. The Labute approximate surface area is 87.7 Å². The van der Waals surface area contributed by atoms with Crippen molar-refractivity contribution >= 4 is 11.4 Å². The molecule has 0 bridgehead atoms. The number of aliphatic hydroxyl groups excluding tert-OH is 1. The molecule has 1 aliphatic carbocycles. The molecule has 0 amide bonds. The number of phenols is 1. The summed E-state index contributed by atoms with van der Waals surface area (Å²) in [7, 11) is 0. The first kappa shape index (κ1) is 9.68. The Bertz CT molecular complexity index is 447. The van der Waals surface area contributed by atoms with Gasteiger partial charge in [-0.05, 0) is 18.2 Å². The minimum atomic E-state index is -0.699. The molecule has 0 aliphatic heterocycles. The fourth-order valence-corrected chi connectivity index (χ4v) is 1.32. The van der Waals surface area contributed by atoms with Crippen LogP contribution in [-0.2, 0) is 0 Å². The molecule has 0 aromatic heterocycles. The quantitative estimate of drug-likeness (QED) is 0.729. The van der Waals surface area contributed by atoms with E-state index in [4.69, 9.17) is 0 Å². The van der Waals surface area contributed by atoms with Crippen LogP contribution in [0.5, 0.6) is 5.75 Å². The molecule has 76 valence electrons. The van der Waals surface area contributed by atoms with Crippen LogP contribution in [0.15, 0.2) is 53.6 Å². The zero-order valence-corrected chi connectivity index (χ0v) is 8.04. The van der Waals surface area contributed by atoms with Gasteiger partial charge < -0.3 is 10.2 Å². The molecule has 0 radical (unpaired) electrons. The van der Waals surface area contributed by atoms with E-state index in [9.17, 15) is 10.2 Å². The predicted octanol–water partition coefficient (Wildman–Crippen LogP) is 1.95. The molecule has 0 fully saturated rings. The normalized spacial score (nSPS) is 22.2. The maximum absolute atomic E-state index is 9.57. The van der Waals surface area contributed by atoms with E-state index in [0.29, 0.717) is 11.4 Å². The third-order valence-corrected chi connectivity index (χ3v) is 2.11. The number of para-hydroxylation sites is 2. The van der Waals surface area contributed by atoms with Crippen LogP contribution < -0.4 is 0 Å². The number of allylic oxidation sites excluding steroid dienone is 2. The van der Waals surface area contributed by atoms with Crippen LogP contribution in [0.4, 0.5) is 5.69 Å². The van der Waals surface area contributed by atoms with Gasteiger partial charge in [0.15, 0.2) is 0 Å². The summed E-state index contributed by atoms with van der Waals surface area (Å²) >= 11 is 0. The van der Waals surface area contributed by atoms with E-state index in [1.54, 1.807) is 48.6 Å².